The molecule has 0 aliphatic carbocycles. The molecule has 2 N–H and O–H groups in total. The lowest BCUT2D eigenvalue weighted by atomic mass is 10.1. The van der Waals surface area contributed by atoms with Gasteiger partial charge in [-0.25, -0.2) is 0 Å². The fourth-order valence-electron chi connectivity index (χ4n) is 1.98. The number of likely N-dealkylation sites (N-methyl/N-ethyl adjacent to an activating group) is 1. The summed E-state index contributed by atoms with van der Waals surface area (Å²) in [6.45, 7) is 1.71. The molecule has 2 heterocycles. The average molecular weight is 359 g/mol. The molecule has 7 heteroatoms. The van der Waals surface area contributed by atoms with E-state index in [4.69, 9.17) is 10.5 Å². The Kier molecular flexibility index (Phi) is 5.20. The van der Waals surface area contributed by atoms with Gasteiger partial charge in [-0.1, -0.05) is 0 Å². The van der Waals surface area contributed by atoms with Crippen molar-refractivity contribution in [1.82, 2.24) is 14.7 Å². The quantitative estimate of drug-likeness (QED) is 0.860. The standard InChI is InChI=1S/C13H19BrN4OS/c1-17(2)5-6-18-12(9(14)8-16-18)11(15)13-10(19-3)4-7-20-13/h4,7-8,11H,5-6,15H2,1-3H3. The van der Waals surface area contributed by atoms with E-state index in [1.165, 1.54) is 0 Å². The third-order valence-corrected chi connectivity index (χ3v) is 4.64. The number of ether oxygens (including phenoxy) is 1. The zero-order valence-electron chi connectivity index (χ0n) is 11.8. The normalized spacial score (nSPS) is 12.9. The van der Waals surface area contributed by atoms with E-state index in [1.54, 1.807) is 24.6 Å². The largest absolute Gasteiger partial charge is 0.496 e. The number of nitrogens with two attached hydrogens (primary N) is 1. The molecule has 0 aromatic carbocycles. The minimum absolute atomic E-state index is 0.246. The zero-order chi connectivity index (χ0) is 14.7. The van der Waals surface area contributed by atoms with Gasteiger partial charge in [-0.15, -0.1) is 11.3 Å². The summed E-state index contributed by atoms with van der Waals surface area (Å²) in [5.74, 6) is 0.828. The van der Waals surface area contributed by atoms with Crippen molar-refractivity contribution in [3.8, 4) is 5.75 Å². The Morgan fingerprint density at radius 1 is 1.55 bits per heavy atom. The topological polar surface area (TPSA) is 56.3 Å². The Hall–Kier alpha value is -0.890. The van der Waals surface area contributed by atoms with Gasteiger partial charge < -0.3 is 15.4 Å². The number of thiophene rings is 1. The highest BCUT2D eigenvalue weighted by Gasteiger charge is 2.22. The highest BCUT2D eigenvalue weighted by molar-refractivity contribution is 9.10. The number of rotatable bonds is 6. The molecule has 0 radical (unpaired) electrons. The van der Waals surface area contributed by atoms with Crippen molar-refractivity contribution in [1.29, 1.82) is 0 Å². The van der Waals surface area contributed by atoms with E-state index >= 15 is 0 Å². The molecular weight excluding hydrogens is 340 g/mol. The van der Waals surface area contributed by atoms with Gasteiger partial charge in [0.1, 0.15) is 5.75 Å². The Morgan fingerprint density at radius 2 is 2.30 bits per heavy atom. The van der Waals surface area contributed by atoms with Gasteiger partial charge in [0.2, 0.25) is 0 Å². The van der Waals surface area contributed by atoms with Crippen LogP contribution in [0, 0.1) is 0 Å². The molecule has 0 amide bonds. The fraction of sp³-hybridized carbons (Fsp3) is 0.462. The highest BCUT2D eigenvalue weighted by atomic mass is 79.9. The Labute approximate surface area is 131 Å². The molecule has 0 saturated carbocycles. The highest BCUT2D eigenvalue weighted by Crippen LogP contribution is 2.35. The molecule has 2 aromatic rings. The van der Waals surface area contributed by atoms with Crippen LogP contribution in [0.25, 0.3) is 0 Å². The molecule has 0 spiro atoms. The Bertz CT molecular complexity index is 566. The minimum Gasteiger partial charge on any atom is -0.496 e. The van der Waals surface area contributed by atoms with Crippen molar-refractivity contribution in [3.63, 3.8) is 0 Å². The van der Waals surface area contributed by atoms with Crippen LogP contribution in [0.1, 0.15) is 16.6 Å². The summed E-state index contributed by atoms with van der Waals surface area (Å²) >= 11 is 5.14. The molecule has 1 atom stereocenters. The van der Waals surface area contributed by atoms with Crippen molar-refractivity contribution >= 4 is 27.3 Å². The van der Waals surface area contributed by atoms with Crippen LogP contribution in [0.4, 0.5) is 0 Å². The Morgan fingerprint density at radius 3 is 2.95 bits per heavy atom. The van der Waals surface area contributed by atoms with E-state index in [0.29, 0.717) is 0 Å². The van der Waals surface area contributed by atoms with Crippen molar-refractivity contribution < 1.29 is 4.74 Å². The maximum absolute atomic E-state index is 6.42. The van der Waals surface area contributed by atoms with Crippen LogP contribution in [0.15, 0.2) is 22.1 Å². The van der Waals surface area contributed by atoms with Crippen LogP contribution in [0.2, 0.25) is 0 Å². The Balaban J connectivity index is 2.29. The van der Waals surface area contributed by atoms with E-state index in [0.717, 1.165) is 33.9 Å². The second-order valence-electron chi connectivity index (χ2n) is 4.74. The van der Waals surface area contributed by atoms with Crippen LogP contribution in [0.5, 0.6) is 5.75 Å². The predicted molar refractivity (Wildman–Crippen MR) is 85.4 cm³/mol. The van der Waals surface area contributed by atoms with Gasteiger partial charge in [0.05, 0.1) is 40.9 Å². The number of aromatic nitrogens is 2. The number of hydrogen-bond donors (Lipinski definition) is 1. The van der Waals surface area contributed by atoms with Crippen LogP contribution in [0.3, 0.4) is 0 Å². The van der Waals surface area contributed by atoms with Gasteiger partial charge in [-0.2, -0.15) is 5.10 Å². The summed E-state index contributed by atoms with van der Waals surface area (Å²) in [4.78, 5) is 3.14. The molecule has 2 aromatic heterocycles. The van der Waals surface area contributed by atoms with Gasteiger partial charge in [0, 0.05) is 6.54 Å². The van der Waals surface area contributed by atoms with Gasteiger partial charge in [-0.3, -0.25) is 4.68 Å². The summed E-state index contributed by atoms with van der Waals surface area (Å²) in [5.41, 5.74) is 7.39. The van der Waals surface area contributed by atoms with Crippen LogP contribution >= 0.6 is 27.3 Å². The molecule has 0 aliphatic rings. The molecule has 0 fully saturated rings. The maximum Gasteiger partial charge on any atom is 0.134 e. The first-order valence-corrected chi connectivity index (χ1v) is 7.94. The maximum atomic E-state index is 6.42. The van der Waals surface area contributed by atoms with Crippen LogP contribution in [-0.4, -0.2) is 42.4 Å². The SMILES string of the molecule is COc1ccsc1C(N)c1c(Br)cnn1CCN(C)C. The van der Waals surface area contributed by atoms with Gasteiger partial charge in [0.15, 0.2) is 0 Å². The lowest BCUT2D eigenvalue weighted by Crippen LogP contribution is -2.23. The second kappa shape index (κ2) is 6.71. The van der Waals surface area contributed by atoms with Gasteiger partial charge in [-0.05, 0) is 41.5 Å². The van der Waals surface area contributed by atoms with E-state index in [2.05, 4.69) is 25.9 Å². The third kappa shape index (κ3) is 3.22. The number of methoxy groups -OCH3 is 1. The van der Waals surface area contributed by atoms with Crippen LogP contribution in [-0.2, 0) is 6.54 Å². The lowest BCUT2D eigenvalue weighted by Gasteiger charge is -2.17. The van der Waals surface area contributed by atoms with E-state index in [1.807, 2.05) is 30.2 Å². The summed E-state index contributed by atoms with van der Waals surface area (Å²) in [6, 6.07) is 1.69. The molecule has 110 valence electrons. The number of halogens is 1. The summed E-state index contributed by atoms with van der Waals surface area (Å²) in [5, 5.41) is 6.39. The summed E-state index contributed by atoms with van der Waals surface area (Å²) < 4.78 is 8.24. The molecule has 5 nitrogen and oxygen atoms in total. The first-order valence-electron chi connectivity index (χ1n) is 6.27. The number of nitrogens with zero attached hydrogens (tertiary/aromatic N) is 3. The minimum atomic E-state index is -0.246. The summed E-state index contributed by atoms with van der Waals surface area (Å²) in [7, 11) is 5.75. The fourth-order valence-corrected chi connectivity index (χ4v) is 3.39. The monoisotopic (exact) mass is 358 g/mol. The summed E-state index contributed by atoms with van der Waals surface area (Å²) in [6.07, 6.45) is 1.80. The zero-order valence-corrected chi connectivity index (χ0v) is 14.2. The first-order chi connectivity index (χ1) is 9.54. The van der Waals surface area contributed by atoms with E-state index < -0.39 is 0 Å². The van der Waals surface area contributed by atoms with Crippen molar-refractivity contribution in [2.45, 2.75) is 12.6 Å². The molecule has 2 rings (SSSR count). The van der Waals surface area contributed by atoms with Crippen molar-refractivity contribution in [2.24, 2.45) is 5.73 Å². The predicted octanol–water partition coefficient (Wildman–Crippen LogP) is 2.33. The molecule has 20 heavy (non-hydrogen) atoms. The van der Waals surface area contributed by atoms with Gasteiger partial charge >= 0.3 is 0 Å². The van der Waals surface area contributed by atoms with Crippen molar-refractivity contribution in [3.05, 3.63) is 32.7 Å². The molecule has 0 saturated heterocycles. The van der Waals surface area contributed by atoms with Crippen molar-refractivity contribution in [2.75, 3.05) is 27.7 Å². The van der Waals surface area contributed by atoms with Gasteiger partial charge in [0.25, 0.3) is 0 Å². The molecular formula is C13H19BrN4OS. The average Bonchev–Trinajstić information content (AvgIpc) is 3.01. The smallest absolute Gasteiger partial charge is 0.134 e. The van der Waals surface area contributed by atoms with Crippen LogP contribution < -0.4 is 10.5 Å². The number of hydrogen-bond acceptors (Lipinski definition) is 5. The lowest BCUT2D eigenvalue weighted by molar-refractivity contribution is 0.367. The molecule has 0 aliphatic heterocycles. The first kappa shape index (κ1) is 15.5. The van der Waals surface area contributed by atoms with E-state index in [-0.39, 0.29) is 6.04 Å². The molecule has 0 bridgehead atoms. The van der Waals surface area contributed by atoms with E-state index in [9.17, 15) is 0 Å². The third-order valence-electron chi connectivity index (χ3n) is 3.05. The molecule has 1 unspecified atom stereocenters. The second-order valence-corrected chi connectivity index (χ2v) is 6.54.